The van der Waals surface area contributed by atoms with Crippen LogP contribution in [0.1, 0.15) is 30.1 Å². The maximum atomic E-state index is 12.4. The molecule has 1 unspecified atom stereocenters. The summed E-state index contributed by atoms with van der Waals surface area (Å²) in [4.78, 5) is 26.1. The number of amides is 2. The van der Waals surface area contributed by atoms with E-state index in [2.05, 4.69) is 26.6 Å². The Morgan fingerprint density at radius 2 is 2.05 bits per heavy atom. The highest BCUT2D eigenvalue weighted by molar-refractivity contribution is 9.10. The Balaban J connectivity index is 1.76. The molecule has 2 N–H and O–H groups in total. The lowest BCUT2D eigenvalue weighted by Gasteiger charge is -2.46. The molecule has 5 nitrogen and oxygen atoms in total. The first-order valence-corrected chi connectivity index (χ1v) is 8.46. The zero-order chi connectivity index (χ0) is 15.9. The third-order valence-corrected chi connectivity index (χ3v) is 4.90. The number of piperidine rings is 1. The van der Waals surface area contributed by atoms with Gasteiger partial charge in [-0.05, 0) is 25.1 Å². The molecule has 22 heavy (non-hydrogen) atoms. The second-order valence-electron chi connectivity index (χ2n) is 5.79. The number of alkyl halides is 1. The molecule has 2 aliphatic heterocycles. The van der Waals surface area contributed by atoms with Gasteiger partial charge in [0.2, 0.25) is 5.91 Å². The first-order chi connectivity index (χ1) is 10.4. The fraction of sp³-hybridized carbons (Fsp3) is 0.467. The Morgan fingerprint density at radius 3 is 2.68 bits per heavy atom. The molecule has 1 spiro atoms. The summed E-state index contributed by atoms with van der Waals surface area (Å²) in [6, 6.07) is 5.61. The minimum Gasteiger partial charge on any atom is -0.362 e. The summed E-state index contributed by atoms with van der Waals surface area (Å²) in [6.45, 7) is 2.84. The van der Waals surface area contributed by atoms with Crippen molar-refractivity contribution in [2.75, 3.05) is 18.4 Å². The predicted molar refractivity (Wildman–Crippen MR) is 89.1 cm³/mol. The van der Waals surface area contributed by atoms with Crippen LogP contribution in [0.2, 0.25) is 0 Å². The van der Waals surface area contributed by atoms with Crippen LogP contribution < -0.4 is 10.6 Å². The molecule has 0 radical (unpaired) electrons. The van der Waals surface area contributed by atoms with Crippen molar-refractivity contribution in [3.63, 3.8) is 0 Å². The fourth-order valence-electron chi connectivity index (χ4n) is 3.00. The Kier molecular flexibility index (Phi) is 4.07. The highest BCUT2D eigenvalue weighted by atomic mass is 79.9. The Bertz CT molecular complexity index is 627. The van der Waals surface area contributed by atoms with Crippen molar-refractivity contribution in [1.82, 2.24) is 10.2 Å². The van der Waals surface area contributed by atoms with E-state index in [0.717, 1.165) is 10.2 Å². The number of nitrogens with zero attached hydrogens (tertiary/aromatic N) is 1. The van der Waals surface area contributed by atoms with Gasteiger partial charge in [0.1, 0.15) is 11.0 Å². The molecule has 0 aromatic heterocycles. The number of hydrogen-bond donors (Lipinski definition) is 2. The second kappa shape index (κ2) is 5.74. The molecule has 2 heterocycles. The smallest absolute Gasteiger partial charge is 0.255 e. The van der Waals surface area contributed by atoms with Gasteiger partial charge in [0, 0.05) is 36.1 Å². The van der Waals surface area contributed by atoms with E-state index >= 15 is 0 Å². The first kappa shape index (κ1) is 15.6. The van der Waals surface area contributed by atoms with Gasteiger partial charge in [-0.15, -0.1) is 11.6 Å². The number of carbonyl (C=O) groups is 2. The highest BCUT2D eigenvalue weighted by Gasteiger charge is 2.41. The second-order valence-corrected chi connectivity index (χ2v) is 7.36. The lowest BCUT2D eigenvalue weighted by Crippen LogP contribution is -2.63. The van der Waals surface area contributed by atoms with Crippen LogP contribution in [0.5, 0.6) is 0 Å². The predicted octanol–water partition coefficient (Wildman–Crippen LogP) is 2.55. The average Bonchev–Trinajstić information content (AvgIpc) is 2.48. The van der Waals surface area contributed by atoms with Crippen LogP contribution in [0.25, 0.3) is 0 Å². The maximum absolute atomic E-state index is 12.4. The lowest BCUT2D eigenvalue weighted by molar-refractivity contribution is -0.132. The zero-order valence-corrected chi connectivity index (χ0v) is 14.5. The normalized spacial score (nSPS) is 20.9. The largest absolute Gasteiger partial charge is 0.362 e. The number of nitrogens with one attached hydrogen (secondary N) is 2. The molecule has 118 valence electrons. The number of likely N-dealkylation sites (tertiary alicyclic amines) is 1. The molecule has 2 aliphatic rings. The van der Waals surface area contributed by atoms with Crippen molar-refractivity contribution in [1.29, 1.82) is 0 Å². The van der Waals surface area contributed by atoms with Crippen molar-refractivity contribution in [2.45, 2.75) is 30.8 Å². The highest BCUT2D eigenvalue weighted by Crippen LogP contribution is 2.32. The summed E-state index contributed by atoms with van der Waals surface area (Å²) in [5, 5.41) is 5.98. The molecule has 1 saturated heterocycles. The standard InChI is InChI=1S/C15H17BrClN3O2/c1-9(17)14(22)20-6-4-15(5-7-20)18-12-3-2-10(16)8-11(12)13(21)19-15/h2-3,8-9,18H,4-7H2,1H3,(H,19,21). The quantitative estimate of drug-likeness (QED) is 0.729. The van der Waals surface area contributed by atoms with E-state index in [1.54, 1.807) is 17.9 Å². The van der Waals surface area contributed by atoms with E-state index in [0.29, 0.717) is 31.5 Å². The van der Waals surface area contributed by atoms with Gasteiger partial charge in [0.25, 0.3) is 5.91 Å². The van der Waals surface area contributed by atoms with Gasteiger partial charge < -0.3 is 15.5 Å². The number of hydrogen-bond acceptors (Lipinski definition) is 3. The summed E-state index contributed by atoms with van der Waals surface area (Å²) in [6.07, 6.45) is 1.31. The van der Waals surface area contributed by atoms with Crippen molar-refractivity contribution in [2.24, 2.45) is 0 Å². The molecule has 2 amide bonds. The number of fused-ring (bicyclic) bond motifs is 1. The fourth-order valence-corrected chi connectivity index (χ4v) is 3.50. The molecular formula is C15H17BrClN3O2. The average molecular weight is 387 g/mol. The van der Waals surface area contributed by atoms with E-state index in [4.69, 9.17) is 11.6 Å². The molecule has 1 aromatic rings. The summed E-state index contributed by atoms with van der Waals surface area (Å²) in [5.41, 5.74) is 0.981. The molecule has 0 saturated carbocycles. The maximum Gasteiger partial charge on any atom is 0.255 e. The number of halogens is 2. The minimum absolute atomic E-state index is 0.0528. The SMILES string of the molecule is CC(Cl)C(=O)N1CCC2(CC1)NC(=O)c1cc(Br)ccc1N2. The van der Waals surface area contributed by atoms with Crippen LogP contribution in [0.4, 0.5) is 5.69 Å². The number of anilines is 1. The van der Waals surface area contributed by atoms with Crippen molar-refractivity contribution >= 4 is 45.0 Å². The van der Waals surface area contributed by atoms with E-state index in [-0.39, 0.29) is 11.8 Å². The summed E-state index contributed by atoms with van der Waals surface area (Å²) in [7, 11) is 0. The first-order valence-electron chi connectivity index (χ1n) is 7.23. The van der Waals surface area contributed by atoms with Gasteiger partial charge >= 0.3 is 0 Å². The van der Waals surface area contributed by atoms with Crippen molar-refractivity contribution in [3.8, 4) is 0 Å². The third kappa shape index (κ3) is 2.82. The summed E-state index contributed by atoms with van der Waals surface area (Å²) < 4.78 is 0.871. The summed E-state index contributed by atoms with van der Waals surface area (Å²) >= 11 is 9.24. The lowest BCUT2D eigenvalue weighted by atomic mass is 9.92. The van der Waals surface area contributed by atoms with Crippen LogP contribution in [-0.2, 0) is 4.79 Å². The zero-order valence-electron chi connectivity index (χ0n) is 12.2. The molecule has 7 heteroatoms. The topological polar surface area (TPSA) is 61.4 Å². The third-order valence-electron chi connectivity index (χ3n) is 4.22. The molecule has 1 atom stereocenters. The van der Waals surface area contributed by atoms with Crippen LogP contribution >= 0.6 is 27.5 Å². The van der Waals surface area contributed by atoms with Gasteiger partial charge in [0.15, 0.2) is 0 Å². The van der Waals surface area contributed by atoms with Crippen LogP contribution in [-0.4, -0.2) is 40.8 Å². The molecule has 1 fully saturated rings. The van der Waals surface area contributed by atoms with Crippen molar-refractivity contribution in [3.05, 3.63) is 28.2 Å². The van der Waals surface area contributed by atoms with Gasteiger partial charge in [0.05, 0.1) is 5.56 Å². The van der Waals surface area contributed by atoms with Gasteiger partial charge in [-0.25, -0.2) is 0 Å². The van der Waals surface area contributed by atoms with E-state index in [9.17, 15) is 9.59 Å². The van der Waals surface area contributed by atoms with Gasteiger partial charge in [-0.1, -0.05) is 15.9 Å². The Labute approximate surface area is 142 Å². The van der Waals surface area contributed by atoms with E-state index in [1.807, 2.05) is 12.1 Å². The van der Waals surface area contributed by atoms with Gasteiger partial charge in [-0.2, -0.15) is 0 Å². The van der Waals surface area contributed by atoms with Crippen LogP contribution in [0.15, 0.2) is 22.7 Å². The van der Waals surface area contributed by atoms with Gasteiger partial charge in [-0.3, -0.25) is 9.59 Å². The minimum atomic E-state index is -0.513. The molecule has 0 bridgehead atoms. The van der Waals surface area contributed by atoms with Crippen molar-refractivity contribution < 1.29 is 9.59 Å². The van der Waals surface area contributed by atoms with Crippen LogP contribution in [0.3, 0.4) is 0 Å². The van der Waals surface area contributed by atoms with E-state index < -0.39 is 11.0 Å². The van der Waals surface area contributed by atoms with E-state index in [1.165, 1.54) is 0 Å². The molecule has 1 aromatic carbocycles. The Morgan fingerprint density at radius 1 is 1.36 bits per heavy atom. The number of rotatable bonds is 1. The molecule has 0 aliphatic carbocycles. The Hall–Kier alpha value is -1.27. The number of carbonyl (C=O) groups excluding carboxylic acids is 2. The molecule has 3 rings (SSSR count). The molecular weight excluding hydrogens is 370 g/mol. The summed E-state index contributed by atoms with van der Waals surface area (Å²) in [5.74, 6) is -0.136. The number of benzene rings is 1. The van der Waals surface area contributed by atoms with Crippen LogP contribution in [0, 0.1) is 0 Å². The monoisotopic (exact) mass is 385 g/mol.